The SMILES string of the molecule is Cc1cccc2nn(C)cc12.FC(F)(F)COc1nc2c(s1)CCN(CCC1CCNCC1)C2.N=CN. The zero-order valence-corrected chi connectivity index (χ0v) is 22.2. The van der Waals surface area contributed by atoms with Gasteiger partial charge in [0, 0.05) is 36.6 Å². The summed E-state index contributed by atoms with van der Waals surface area (Å²) >= 11 is 1.26. The zero-order chi connectivity index (χ0) is 26.8. The summed E-state index contributed by atoms with van der Waals surface area (Å²) in [6.07, 6.45) is 3.02. The van der Waals surface area contributed by atoms with E-state index in [2.05, 4.69) is 39.0 Å². The quantitative estimate of drug-likeness (QED) is 0.331. The third-order valence-electron chi connectivity index (χ3n) is 6.34. The molecule has 204 valence electrons. The Labute approximate surface area is 219 Å². The van der Waals surface area contributed by atoms with Gasteiger partial charge < -0.3 is 15.8 Å². The molecule has 5 rings (SSSR count). The van der Waals surface area contributed by atoms with Crippen LogP contribution in [0.1, 0.15) is 35.4 Å². The van der Waals surface area contributed by atoms with Gasteiger partial charge in [-0.25, -0.2) is 4.98 Å². The lowest BCUT2D eigenvalue weighted by atomic mass is 9.94. The normalized spacial score (nSPS) is 16.2. The summed E-state index contributed by atoms with van der Waals surface area (Å²) in [5.41, 5.74) is 7.65. The number of thiazole rings is 1. The van der Waals surface area contributed by atoms with Gasteiger partial charge in [0.2, 0.25) is 0 Å². The molecular formula is C25H36F3N7OS. The Morgan fingerprint density at radius 3 is 2.70 bits per heavy atom. The number of rotatable bonds is 5. The number of nitrogens with zero attached hydrogens (tertiary/aromatic N) is 4. The molecule has 12 heteroatoms. The molecule has 0 amide bonds. The zero-order valence-electron chi connectivity index (χ0n) is 21.4. The van der Waals surface area contributed by atoms with Gasteiger partial charge in [-0.15, -0.1) is 0 Å². The number of nitrogens with two attached hydrogens (primary N) is 1. The van der Waals surface area contributed by atoms with Crippen molar-refractivity contribution in [2.75, 3.05) is 32.8 Å². The number of benzene rings is 1. The minimum absolute atomic E-state index is 0.146. The summed E-state index contributed by atoms with van der Waals surface area (Å²) in [6, 6.07) is 6.16. The third-order valence-corrected chi connectivity index (χ3v) is 7.41. The molecule has 1 fully saturated rings. The molecule has 0 aliphatic carbocycles. The Morgan fingerprint density at radius 2 is 2.03 bits per heavy atom. The summed E-state index contributed by atoms with van der Waals surface area (Å²) in [4.78, 5) is 7.67. The molecule has 0 unspecified atom stereocenters. The number of piperidine rings is 1. The Morgan fingerprint density at radius 1 is 1.30 bits per heavy atom. The first-order valence-corrected chi connectivity index (χ1v) is 13.2. The molecule has 4 heterocycles. The van der Waals surface area contributed by atoms with Crippen molar-refractivity contribution in [2.45, 2.75) is 45.3 Å². The van der Waals surface area contributed by atoms with Gasteiger partial charge in [-0.2, -0.15) is 18.3 Å². The van der Waals surface area contributed by atoms with Crippen molar-refractivity contribution < 1.29 is 17.9 Å². The molecule has 0 atom stereocenters. The molecule has 1 aromatic carbocycles. The fourth-order valence-electron chi connectivity index (χ4n) is 4.47. The third kappa shape index (κ3) is 9.28. The largest absolute Gasteiger partial charge is 0.460 e. The second-order valence-corrected chi connectivity index (χ2v) is 10.3. The van der Waals surface area contributed by atoms with E-state index in [1.54, 1.807) is 0 Å². The summed E-state index contributed by atoms with van der Waals surface area (Å²) in [5, 5.41) is 14.9. The minimum atomic E-state index is -4.31. The fourth-order valence-corrected chi connectivity index (χ4v) is 5.37. The van der Waals surface area contributed by atoms with E-state index in [9.17, 15) is 13.2 Å². The lowest BCUT2D eigenvalue weighted by Gasteiger charge is -2.29. The second kappa shape index (κ2) is 13.7. The van der Waals surface area contributed by atoms with E-state index in [-0.39, 0.29) is 5.19 Å². The number of hydrogen-bond acceptors (Lipinski definition) is 7. The van der Waals surface area contributed by atoms with E-state index in [1.807, 2.05) is 30.1 Å². The maximum atomic E-state index is 12.2. The topological polar surface area (TPSA) is 105 Å². The van der Waals surface area contributed by atoms with Crippen LogP contribution in [-0.2, 0) is 20.0 Å². The van der Waals surface area contributed by atoms with E-state index in [0.29, 0.717) is 0 Å². The molecule has 37 heavy (non-hydrogen) atoms. The molecule has 0 bridgehead atoms. The van der Waals surface area contributed by atoms with Gasteiger partial charge in [0.05, 0.1) is 17.5 Å². The Bertz CT molecular complexity index is 1130. The molecule has 2 aromatic heterocycles. The molecular weight excluding hydrogens is 503 g/mol. The first-order valence-electron chi connectivity index (χ1n) is 12.4. The van der Waals surface area contributed by atoms with Crippen molar-refractivity contribution in [3.63, 3.8) is 0 Å². The molecule has 8 nitrogen and oxygen atoms in total. The highest BCUT2D eigenvalue weighted by molar-refractivity contribution is 7.13. The molecule has 3 aromatic rings. The van der Waals surface area contributed by atoms with Crippen LogP contribution in [0.25, 0.3) is 10.9 Å². The van der Waals surface area contributed by atoms with E-state index in [0.717, 1.165) is 67.5 Å². The van der Waals surface area contributed by atoms with Crippen LogP contribution in [-0.4, -0.2) is 65.0 Å². The van der Waals surface area contributed by atoms with Crippen LogP contribution in [0.3, 0.4) is 0 Å². The molecule has 4 N–H and O–H groups in total. The molecule has 1 saturated heterocycles. The lowest BCUT2D eigenvalue weighted by Crippen LogP contribution is -2.34. The first kappa shape index (κ1) is 28.9. The van der Waals surface area contributed by atoms with Crippen LogP contribution < -0.4 is 15.8 Å². The maximum absolute atomic E-state index is 12.2. The van der Waals surface area contributed by atoms with Crippen molar-refractivity contribution in [1.82, 2.24) is 25.0 Å². The number of halogens is 3. The summed E-state index contributed by atoms with van der Waals surface area (Å²) in [7, 11) is 1.94. The minimum Gasteiger partial charge on any atom is -0.460 e. The summed E-state index contributed by atoms with van der Waals surface area (Å²) in [6.45, 7) is 5.79. The van der Waals surface area contributed by atoms with Crippen LogP contribution in [0.4, 0.5) is 13.2 Å². The number of fused-ring (bicyclic) bond motifs is 2. The predicted octanol–water partition coefficient (Wildman–Crippen LogP) is 4.27. The van der Waals surface area contributed by atoms with Crippen LogP contribution in [0.5, 0.6) is 5.19 Å². The molecule has 0 radical (unpaired) electrons. The molecule has 2 aliphatic heterocycles. The predicted molar refractivity (Wildman–Crippen MR) is 141 cm³/mol. The lowest BCUT2D eigenvalue weighted by molar-refractivity contribution is -0.153. The van der Waals surface area contributed by atoms with Crippen molar-refractivity contribution in [2.24, 2.45) is 18.7 Å². The Hall–Kier alpha value is -2.70. The average Bonchev–Trinajstić information content (AvgIpc) is 3.45. The number of alkyl halides is 3. The number of ether oxygens (including phenoxy) is 1. The van der Waals surface area contributed by atoms with Crippen LogP contribution in [0.15, 0.2) is 24.4 Å². The standard InChI is InChI=1S/C15H22F3N3OS.C9H10N2.CH4N2/c16-15(17,18)10-22-14-20-12-9-21(8-4-13(12)23-14)7-3-11-1-5-19-6-2-11;1-7-4-3-5-9-8(7)6-11(2)10-9;2-1-3/h11,19H,1-10H2;3-6H,1-2H3;1H,(H3,2,3). The van der Waals surface area contributed by atoms with Crippen molar-refractivity contribution in [1.29, 1.82) is 5.41 Å². The van der Waals surface area contributed by atoms with Gasteiger partial charge in [0.1, 0.15) is 0 Å². The summed E-state index contributed by atoms with van der Waals surface area (Å²) in [5.74, 6) is 0.791. The summed E-state index contributed by atoms with van der Waals surface area (Å²) < 4.78 is 43.2. The number of nitrogens with one attached hydrogen (secondary N) is 2. The maximum Gasteiger partial charge on any atom is 0.422 e. The van der Waals surface area contributed by atoms with Gasteiger partial charge in [-0.05, 0) is 69.8 Å². The van der Waals surface area contributed by atoms with Gasteiger partial charge in [-0.1, -0.05) is 23.5 Å². The van der Waals surface area contributed by atoms with E-state index in [4.69, 9.17) is 10.1 Å². The van der Waals surface area contributed by atoms with E-state index < -0.39 is 12.8 Å². The monoisotopic (exact) mass is 539 g/mol. The average molecular weight is 540 g/mol. The van der Waals surface area contributed by atoms with Crippen LogP contribution in [0.2, 0.25) is 0 Å². The van der Waals surface area contributed by atoms with E-state index >= 15 is 0 Å². The highest BCUT2D eigenvalue weighted by Gasteiger charge is 2.30. The molecule has 0 spiro atoms. The highest BCUT2D eigenvalue weighted by Crippen LogP contribution is 2.31. The van der Waals surface area contributed by atoms with Gasteiger partial charge in [0.15, 0.2) is 6.61 Å². The van der Waals surface area contributed by atoms with Crippen LogP contribution in [0, 0.1) is 18.3 Å². The Kier molecular flexibility index (Phi) is 10.7. The first-order chi connectivity index (χ1) is 17.7. The molecule has 2 aliphatic rings. The van der Waals surface area contributed by atoms with Crippen LogP contribution >= 0.6 is 11.3 Å². The van der Waals surface area contributed by atoms with E-state index in [1.165, 1.54) is 41.5 Å². The van der Waals surface area contributed by atoms with Crippen molar-refractivity contribution in [3.8, 4) is 5.19 Å². The highest BCUT2D eigenvalue weighted by atomic mass is 32.1. The van der Waals surface area contributed by atoms with Gasteiger partial charge >= 0.3 is 6.18 Å². The fraction of sp³-hybridized carbons (Fsp3) is 0.560. The second-order valence-electron chi connectivity index (χ2n) is 9.24. The molecule has 0 saturated carbocycles. The number of aromatic nitrogens is 3. The smallest absolute Gasteiger partial charge is 0.422 e. The van der Waals surface area contributed by atoms with Gasteiger partial charge in [-0.3, -0.25) is 15.0 Å². The van der Waals surface area contributed by atoms with Gasteiger partial charge in [0.25, 0.3) is 5.19 Å². The Balaban J connectivity index is 0.000000225. The number of hydrogen-bond donors (Lipinski definition) is 3. The number of aryl methyl sites for hydroxylation is 2. The van der Waals surface area contributed by atoms with Crippen molar-refractivity contribution in [3.05, 3.63) is 40.5 Å². The van der Waals surface area contributed by atoms with Crippen molar-refractivity contribution >= 4 is 28.6 Å².